The first-order valence-electron chi connectivity index (χ1n) is 6.29. The minimum atomic E-state index is -0.351. The van der Waals surface area contributed by atoms with Gasteiger partial charge in [-0.25, -0.2) is 9.37 Å². The Morgan fingerprint density at radius 1 is 1.14 bits per heavy atom. The lowest BCUT2D eigenvalue weighted by molar-refractivity contribution is 0.282. The number of nitrogens with zero attached hydrogens (tertiary/aromatic N) is 1. The van der Waals surface area contributed by atoms with E-state index in [4.69, 9.17) is 4.74 Å². The maximum absolute atomic E-state index is 13.2. The van der Waals surface area contributed by atoms with E-state index in [0.717, 1.165) is 16.3 Å². The van der Waals surface area contributed by atoms with E-state index < -0.39 is 0 Å². The zero-order valence-corrected chi connectivity index (χ0v) is 12.5. The van der Waals surface area contributed by atoms with Crippen LogP contribution < -0.4 is 4.74 Å². The number of rotatable bonds is 3. The smallest absolute Gasteiger partial charge is 0.227 e. The molecule has 5 heteroatoms. The highest BCUT2D eigenvalue weighted by Gasteiger charge is 2.09. The first-order valence-corrected chi connectivity index (χ1v) is 7.08. The van der Waals surface area contributed by atoms with Gasteiger partial charge in [0, 0.05) is 17.1 Å². The van der Waals surface area contributed by atoms with Gasteiger partial charge in [0.05, 0.1) is 11.1 Å². The second kappa shape index (κ2) is 5.79. The molecule has 0 atom stereocenters. The van der Waals surface area contributed by atoms with Crippen LogP contribution in [0.1, 0.15) is 5.56 Å². The van der Waals surface area contributed by atoms with Gasteiger partial charge in [0.15, 0.2) is 0 Å². The second-order valence-corrected chi connectivity index (χ2v) is 5.32. The number of aromatic nitrogens is 1. The third-order valence-corrected chi connectivity index (χ3v) is 3.72. The fraction of sp³-hybridized carbons (Fsp3) is 0.0625. The summed E-state index contributed by atoms with van der Waals surface area (Å²) in [4.78, 5) is 4.23. The number of benzene rings is 2. The van der Waals surface area contributed by atoms with E-state index >= 15 is 0 Å². The molecule has 0 amide bonds. The average molecular weight is 348 g/mol. The van der Waals surface area contributed by atoms with Gasteiger partial charge in [-0.15, -0.1) is 0 Å². The summed E-state index contributed by atoms with van der Waals surface area (Å²) in [6.07, 6.45) is 1.58. The third-order valence-electron chi connectivity index (χ3n) is 3.12. The van der Waals surface area contributed by atoms with E-state index in [2.05, 4.69) is 20.9 Å². The quantitative estimate of drug-likeness (QED) is 0.762. The molecule has 21 heavy (non-hydrogen) atoms. The summed E-state index contributed by atoms with van der Waals surface area (Å²) in [5.74, 6) is 0.551. The van der Waals surface area contributed by atoms with Crippen molar-refractivity contribution in [2.45, 2.75) is 6.61 Å². The molecule has 0 aliphatic rings. The summed E-state index contributed by atoms with van der Waals surface area (Å²) in [6.45, 7) is -0.0874. The van der Waals surface area contributed by atoms with Crippen molar-refractivity contribution in [2.24, 2.45) is 0 Å². The molecule has 3 aromatic rings. The van der Waals surface area contributed by atoms with E-state index in [1.165, 1.54) is 12.1 Å². The maximum atomic E-state index is 13.2. The monoisotopic (exact) mass is 347 g/mol. The minimum Gasteiger partial charge on any atom is -0.438 e. The van der Waals surface area contributed by atoms with Gasteiger partial charge in [0.1, 0.15) is 11.6 Å². The molecule has 1 N–H and O–H groups in total. The summed E-state index contributed by atoms with van der Waals surface area (Å²) < 4.78 is 19.3. The van der Waals surface area contributed by atoms with Crippen LogP contribution in [-0.4, -0.2) is 10.1 Å². The van der Waals surface area contributed by atoms with Crippen LogP contribution in [0.25, 0.3) is 10.8 Å². The molecule has 1 aromatic heterocycles. The van der Waals surface area contributed by atoms with Crippen LogP contribution in [0.3, 0.4) is 0 Å². The van der Waals surface area contributed by atoms with Crippen LogP contribution in [0, 0.1) is 5.82 Å². The van der Waals surface area contributed by atoms with Crippen molar-refractivity contribution in [1.29, 1.82) is 0 Å². The number of fused-ring (bicyclic) bond motifs is 1. The van der Waals surface area contributed by atoms with Crippen molar-refractivity contribution in [1.82, 2.24) is 4.98 Å². The molecular weight excluding hydrogens is 337 g/mol. The van der Waals surface area contributed by atoms with Gasteiger partial charge < -0.3 is 9.84 Å². The van der Waals surface area contributed by atoms with E-state index in [9.17, 15) is 9.50 Å². The Morgan fingerprint density at radius 3 is 2.62 bits per heavy atom. The number of pyridine rings is 1. The van der Waals surface area contributed by atoms with E-state index in [1.807, 2.05) is 24.3 Å². The molecule has 0 bridgehead atoms. The van der Waals surface area contributed by atoms with Gasteiger partial charge >= 0.3 is 0 Å². The average Bonchev–Trinajstić information content (AvgIpc) is 2.51. The molecule has 0 saturated carbocycles. The summed E-state index contributed by atoms with van der Waals surface area (Å²) in [5.41, 5.74) is 0.734. The zero-order chi connectivity index (χ0) is 14.8. The first-order chi connectivity index (χ1) is 10.2. The number of hydrogen-bond donors (Lipinski definition) is 1. The Bertz CT molecular complexity index is 807. The van der Waals surface area contributed by atoms with Crippen LogP contribution in [-0.2, 0) is 6.61 Å². The molecule has 0 unspecified atom stereocenters. The fourth-order valence-corrected chi connectivity index (χ4v) is 2.44. The molecule has 0 fully saturated rings. The van der Waals surface area contributed by atoms with Gasteiger partial charge in [0.25, 0.3) is 0 Å². The molecular formula is C16H11BrFNO2. The molecule has 0 spiro atoms. The van der Waals surface area contributed by atoms with Gasteiger partial charge in [-0.05, 0) is 45.6 Å². The molecule has 3 rings (SSSR count). The highest BCUT2D eigenvalue weighted by atomic mass is 79.9. The fourth-order valence-electron chi connectivity index (χ4n) is 2.08. The molecule has 0 aliphatic carbocycles. The lowest BCUT2D eigenvalue weighted by Crippen LogP contribution is -1.94. The Kier molecular flexibility index (Phi) is 3.86. The van der Waals surface area contributed by atoms with Crippen molar-refractivity contribution >= 4 is 26.7 Å². The lowest BCUT2D eigenvalue weighted by Gasteiger charge is -2.10. The molecule has 0 saturated heterocycles. The number of halogens is 2. The van der Waals surface area contributed by atoms with Crippen molar-refractivity contribution in [3.63, 3.8) is 0 Å². The van der Waals surface area contributed by atoms with E-state index in [-0.39, 0.29) is 12.4 Å². The summed E-state index contributed by atoms with van der Waals surface area (Å²) in [5, 5.41) is 11.0. The first kappa shape index (κ1) is 14.0. The molecule has 106 valence electrons. The lowest BCUT2D eigenvalue weighted by atomic mass is 10.1. The highest BCUT2D eigenvalue weighted by molar-refractivity contribution is 9.10. The van der Waals surface area contributed by atoms with Crippen molar-refractivity contribution in [3.8, 4) is 11.6 Å². The Hall–Kier alpha value is -1.98. The van der Waals surface area contributed by atoms with Crippen molar-refractivity contribution < 1.29 is 14.2 Å². The van der Waals surface area contributed by atoms with Gasteiger partial charge in [-0.3, -0.25) is 0 Å². The summed E-state index contributed by atoms with van der Waals surface area (Å²) >= 11 is 3.12. The maximum Gasteiger partial charge on any atom is 0.227 e. The third kappa shape index (κ3) is 2.75. The molecule has 1 heterocycles. The number of ether oxygens (including phenoxy) is 1. The standard InChI is InChI=1S/C16H11BrFNO2/c17-14-7-11(5-6-15(14)18)21-16-13-4-2-1-3-12(13)10(9-20)8-19-16/h1-8,20H,9H2. The Balaban J connectivity index is 2.06. The highest BCUT2D eigenvalue weighted by Crippen LogP contribution is 2.31. The second-order valence-electron chi connectivity index (χ2n) is 4.47. The molecule has 0 aliphatic heterocycles. The SMILES string of the molecule is OCc1cnc(Oc2ccc(F)c(Br)c2)c2ccccc12. The van der Waals surface area contributed by atoms with Crippen molar-refractivity contribution in [2.75, 3.05) is 0 Å². The molecule has 2 aromatic carbocycles. The largest absolute Gasteiger partial charge is 0.438 e. The normalized spacial score (nSPS) is 10.8. The Morgan fingerprint density at radius 2 is 1.90 bits per heavy atom. The van der Waals surface area contributed by atoms with Crippen LogP contribution in [0.15, 0.2) is 53.1 Å². The molecule has 3 nitrogen and oxygen atoms in total. The van der Waals surface area contributed by atoms with Gasteiger partial charge in [-0.1, -0.05) is 18.2 Å². The topological polar surface area (TPSA) is 42.4 Å². The van der Waals surface area contributed by atoms with Crippen LogP contribution in [0.4, 0.5) is 4.39 Å². The van der Waals surface area contributed by atoms with Crippen molar-refractivity contribution in [3.05, 3.63) is 64.5 Å². The van der Waals surface area contributed by atoms with Gasteiger partial charge in [-0.2, -0.15) is 0 Å². The zero-order valence-electron chi connectivity index (χ0n) is 10.9. The summed E-state index contributed by atoms with van der Waals surface area (Å²) in [7, 11) is 0. The molecule has 0 radical (unpaired) electrons. The van der Waals surface area contributed by atoms with Crippen LogP contribution in [0.2, 0.25) is 0 Å². The van der Waals surface area contributed by atoms with E-state index in [1.54, 1.807) is 12.3 Å². The predicted octanol–water partition coefficient (Wildman–Crippen LogP) is 4.42. The predicted molar refractivity (Wildman–Crippen MR) is 81.8 cm³/mol. The number of aliphatic hydroxyl groups is 1. The number of aliphatic hydroxyl groups excluding tert-OH is 1. The van der Waals surface area contributed by atoms with Crippen LogP contribution >= 0.6 is 15.9 Å². The van der Waals surface area contributed by atoms with Gasteiger partial charge in [0.2, 0.25) is 5.88 Å². The minimum absolute atomic E-state index is 0.0874. The Labute approximate surface area is 129 Å². The van der Waals surface area contributed by atoms with E-state index in [0.29, 0.717) is 16.1 Å². The number of hydrogen-bond acceptors (Lipinski definition) is 3. The van der Waals surface area contributed by atoms with Crippen LogP contribution in [0.5, 0.6) is 11.6 Å². The summed E-state index contributed by atoms with van der Waals surface area (Å²) in [6, 6.07) is 11.9.